The number of ether oxygens (including phenoxy) is 6. The second kappa shape index (κ2) is 16.0. The largest absolute Gasteiger partial charge is 0.463 e. The monoisotopic (exact) mass is 669 g/mol. The summed E-state index contributed by atoms with van der Waals surface area (Å²) in [6.45, 7) is 13.4. The third-order valence-electron chi connectivity index (χ3n) is 8.45. The molecule has 0 amide bonds. The van der Waals surface area contributed by atoms with Crippen molar-refractivity contribution in [3.05, 3.63) is 10.4 Å². The highest BCUT2D eigenvalue weighted by molar-refractivity contribution is 6.74. The van der Waals surface area contributed by atoms with Crippen LogP contribution in [0.25, 0.3) is 10.4 Å². The number of carbonyl (C=O) groups excluding carboxylic acids is 3. The van der Waals surface area contributed by atoms with Gasteiger partial charge < -0.3 is 48.2 Å². The summed E-state index contributed by atoms with van der Waals surface area (Å²) in [7, 11) is -2.71. The van der Waals surface area contributed by atoms with Crippen LogP contribution < -0.4 is 0 Å². The molecule has 2 aliphatic rings. The number of rotatable bonds is 13. The highest BCUT2D eigenvalue weighted by Gasteiger charge is 2.55. The van der Waals surface area contributed by atoms with Crippen molar-refractivity contribution in [2.75, 3.05) is 19.1 Å². The minimum absolute atomic E-state index is 0.176. The molecule has 0 aromatic heterocycles. The molecule has 0 aromatic rings. The number of hydrogen-bond acceptors (Lipinski definition) is 14. The Labute approximate surface area is 261 Å². The molecule has 0 aromatic carbocycles. The predicted octanol–water partition coefficient (Wildman–Crippen LogP) is 1.52. The third-order valence-corrected chi connectivity index (χ3v) is 13.2. The Morgan fingerprint density at radius 1 is 0.955 bits per heavy atom. The zero-order valence-corrected chi connectivity index (χ0v) is 27.9. The lowest BCUT2D eigenvalue weighted by Crippen LogP contribution is -2.66. The molecule has 44 heavy (non-hydrogen) atoms. The molecule has 0 radical (unpaired) electrons. The molecule has 2 saturated heterocycles. The summed E-state index contributed by atoms with van der Waals surface area (Å²) in [5, 5.41) is 36.4. The molecule has 0 bridgehead atoms. The molecule has 18 heteroatoms. The average molecular weight is 670 g/mol. The maximum atomic E-state index is 12.1. The van der Waals surface area contributed by atoms with Crippen LogP contribution in [-0.2, 0) is 47.2 Å². The quantitative estimate of drug-likeness (QED) is 0.0481. The van der Waals surface area contributed by atoms with Crippen LogP contribution in [-0.4, -0.2) is 122 Å². The zero-order valence-electron chi connectivity index (χ0n) is 26.1. The lowest BCUT2D eigenvalue weighted by Gasteiger charge is -2.50. The lowest BCUT2D eigenvalue weighted by molar-refractivity contribution is -0.340. The van der Waals surface area contributed by atoms with Crippen molar-refractivity contribution >= 4 is 37.8 Å². The fourth-order valence-corrected chi connectivity index (χ4v) is 7.16. The first kappa shape index (κ1) is 38.1. The first-order valence-electron chi connectivity index (χ1n) is 14.1. The van der Waals surface area contributed by atoms with Gasteiger partial charge in [0, 0.05) is 18.8 Å². The van der Waals surface area contributed by atoms with Gasteiger partial charge in [0.1, 0.15) is 61.8 Å². The third kappa shape index (κ3) is 9.25. The van der Waals surface area contributed by atoms with Gasteiger partial charge in [-0.3, -0.25) is 14.4 Å². The molecule has 3 N–H and O–H groups in total. The van der Waals surface area contributed by atoms with Crippen molar-refractivity contribution in [2.24, 2.45) is 11.0 Å². The summed E-state index contributed by atoms with van der Waals surface area (Å²) < 4.78 is 39.7. The van der Waals surface area contributed by atoms with Crippen molar-refractivity contribution in [3.8, 4) is 0 Å². The minimum Gasteiger partial charge on any atom is -0.463 e. The maximum Gasteiger partial charge on any atom is 0.321 e. The number of nitrogens with zero attached hydrogens (tertiary/aromatic N) is 3. The summed E-state index contributed by atoms with van der Waals surface area (Å²) in [6.07, 6.45) is -14.0. The number of halogens is 1. The second-order valence-corrected chi connectivity index (χ2v) is 16.9. The Morgan fingerprint density at radius 3 is 1.95 bits per heavy atom. The highest BCUT2D eigenvalue weighted by atomic mass is 35.5. The SMILES string of the molecule is CC(=O)OC[C@H]1O[C@@H](O[C@H]2[C@H](O)[C@@H](COC(C)=O)O[C@@H](O[Si](C)(C)C(C)(C)C(C)C)[C@@H]2N=[N+]=[N-])[C@H](OC(=O)CCl)[C@@H](O)[C@H]1O. The molecule has 10 atom stereocenters. The fourth-order valence-electron chi connectivity index (χ4n) is 4.63. The molecular formula is C26H44ClN3O13Si. The molecule has 0 aliphatic carbocycles. The van der Waals surface area contributed by atoms with Crippen molar-refractivity contribution in [3.63, 3.8) is 0 Å². The summed E-state index contributed by atoms with van der Waals surface area (Å²) in [5.41, 5.74) is 9.49. The van der Waals surface area contributed by atoms with E-state index in [-0.39, 0.29) is 11.0 Å². The second-order valence-electron chi connectivity index (χ2n) is 12.1. The van der Waals surface area contributed by atoms with Gasteiger partial charge in [0.05, 0.1) is 0 Å². The van der Waals surface area contributed by atoms with E-state index in [0.717, 1.165) is 6.92 Å². The van der Waals surface area contributed by atoms with Gasteiger partial charge in [-0.15, -0.1) is 11.6 Å². The topological polar surface area (TPSA) is 225 Å². The molecule has 0 unspecified atom stereocenters. The number of carbonyl (C=O) groups is 3. The number of hydrogen-bond donors (Lipinski definition) is 3. The number of azide groups is 1. The van der Waals surface area contributed by atoms with Gasteiger partial charge in [-0.25, -0.2) is 0 Å². The van der Waals surface area contributed by atoms with E-state index in [0.29, 0.717) is 0 Å². The van der Waals surface area contributed by atoms with Crippen molar-refractivity contribution in [2.45, 2.75) is 121 Å². The van der Waals surface area contributed by atoms with Gasteiger partial charge in [0.25, 0.3) is 0 Å². The van der Waals surface area contributed by atoms with Crippen LogP contribution in [0.3, 0.4) is 0 Å². The van der Waals surface area contributed by atoms with E-state index in [1.807, 2.05) is 40.8 Å². The maximum absolute atomic E-state index is 12.1. The molecule has 2 heterocycles. The smallest absolute Gasteiger partial charge is 0.321 e. The Bertz CT molecular complexity index is 1060. The van der Waals surface area contributed by atoms with Crippen LogP contribution in [0.15, 0.2) is 5.11 Å². The summed E-state index contributed by atoms with van der Waals surface area (Å²) >= 11 is 5.59. The number of esters is 3. The minimum atomic E-state index is -2.71. The van der Waals surface area contributed by atoms with Gasteiger partial charge in [0.2, 0.25) is 0 Å². The van der Waals surface area contributed by atoms with Crippen molar-refractivity contribution in [1.29, 1.82) is 0 Å². The van der Waals surface area contributed by atoms with E-state index < -0.39 is 107 Å². The van der Waals surface area contributed by atoms with E-state index in [9.17, 15) is 35.2 Å². The normalized spacial score (nSPS) is 32.8. The summed E-state index contributed by atoms with van der Waals surface area (Å²) in [5.74, 6) is -2.78. The lowest BCUT2D eigenvalue weighted by atomic mass is 9.96. The van der Waals surface area contributed by atoms with Crippen LogP contribution in [0.4, 0.5) is 0 Å². The van der Waals surface area contributed by atoms with Crippen molar-refractivity contribution in [1.82, 2.24) is 0 Å². The van der Waals surface area contributed by atoms with Gasteiger partial charge in [-0.05, 0) is 29.6 Å². The molecule has 0 saturated carbocycles. The number of alkyl halides is 1. The Kier molecular flexibility index (Phi) is 13.8. The average Bonchev–Trinajstić information content (AvgIpc) is 2.93. The van der Waals surface area contributed by atoms with Gasteiger partial charge in [-0.2, -0.15) is 0 Å². The predicted molar refractivity (Wildman–Crippen MR) is 154 cm³/mol. The molecule has 2 rings (SSSR count). The Hall–Kier alpha value is -2.05. The van der Waals surface area contributed by atoms with E-state index in [4.69, 9.17) is 44.4 Å². The van der Waals surface area contributed by atoms with Crippen LogP contribution in [0.1, 0.15) is 41.5 Å². The van der Waals surface area contributed by atoms with E-state index in [1.165, 1.54) is 6.92 Å². The highest BCUT2D eigenvalue weighted by Crippen LogP contribution is 2.46. The van der Waals surface area contributed by atoms with Crippen LogP contribution in [0.5, 0.6) is 0 Å². The molecule has 0 spiro atoms. The molecule has 16 nitrogen and oxygen atoms in total. The number of aliphatic hydroxyl groups is 3. The summed E-state index contributed by atoms with van der Waals surface area (Å²) in [6, 6.07) is -1.37. The standard InChI is InChI=1S/C26H44ClN3O13Si/c1-12(2)26(5,6)44(7,8)43-24-18(29-30-28)22(20(35)16(39-24)11-38-14(4)32)42-25-23(41-17(33)9-27)21(36)19(34)15(40-25)10-37-13(3)31/h12,15-16,18-25,34-36H,9-11H2,1-8H3/t15-,16-,18-,19+,20-,21+,22-,23-,24+,25+/m1/s1. The van der Waals surface area contributed by atoms with Crippen LogP contribution in [0.2, 0.25) is 18.1 Å². The molecule has 2 aliphatic heterocycles. The number of aliphatic hydroxyl groups excluding tert-OH is 3. The van der Waals surface area contributed by atoms with E-state index in [2.05, 4.69) is 10.0 Å². The zero-order chi connectivity index (χ0) is 33.6. The first-order chi connectivity index (χ1) is 20.4. The molecule has 252 valence electrons. The van der Waals surface area contributed by atoms with E-state index in [1.54, 1.807) is 0 Å². The van der Waals surface area contributed by atoms with Gasteiger partial charge >= 0.3 is 17.9 Å². The summed E-state index contributed by atoms with van der Waals surface area (Å²) in [4.78, 5) is 38.1. The molecular weight excluding hydrogens is 626 g/mol. The fraction of sp³-hybridized carbons (Fsp3) is 0.885. The van der Waals surface area contributed by atoms with Gasteiger partial charge in [-0.1, -0.05) is 32.8 Å². The van der Waals surface area contributed by atoms with Crippen molar-refractivity contribution < 1.29 is 62.6 Å². The van der Waals surface area contributed by atoms with Crippen LogP contribution >= 0.6 is 11.6 Å². The first-order valence-corrected chi connectivity index (χ1v) is 17.6. The van der Waals surface area contributed by atoms with E-state index >= 15 is 0 Å². The molecule has 2 fully saturated rings. The van der Waals surface area contributed by atoms with Crippen LogP contribution in [0, 0.1) is 5.92 Å². The Balaban J connectivity index is 2.56. The van der Waals surface area contributed by atoms with Gasteiger partial charge in [0.15, 0.2) is 27.0 Å². The Morgan fingerprint density at radius 2 is 1.48 bits per heavy atom.